The van der Waals surface area contributed by atoms with Gasteiger partial charge >= 0.3 is 0 Å². The first-order valence-electron chi connectivity index (χ1n) is 8.05. The van der Waals surface area contributed by atoms with Crippen molar-refractivity contribution in [1.29, 1.82) is 0 Å². The highest BCUT2D eigenvalue weighted by molar-refractivity contribution is 7.90. The molecular formula is C18H18N4O2S. The summed E-state index contributed by atoms with van der Waals surface area (Å²) in [5.74, 6) is 1.69. The van der Waals surface area contributed by atoms with Crippen LogP contribution in [0.1, 0.15) is 5.82 Å². The molecule has 0 atom stereocenters. The number of para-hydroxylation sites is 1. The minimum atomic E-state index is -3.28. The molecule has 2 aromatic carbocycles. The zero-order chi connectivity index (χ0) is 17.4. The van der Waals surface area contributed by atoms with Crippen molar-refractivity contribution in [3.8, 4) is 11.4 Å². The molecule has 0 saturated heterocycles. The van der Waals surface area contributed by atoms with E-state index in [4.69, 9.17) is 0 Å². The number of hydrogen-bond acceptors (Lipinski definition) is 5. The molecule has 0 radical (unpaired) electrons. The van der Waals surface area contributed by atoms with E-state index in [1.54, 1.807) is 12.1 Å². The van der Waals surface area contributed by atoms with Gasteiger partial charge < -0.3 is 9.47 Å². The number of fused-ring (bicyclic) bond motifs is 1. The van der Waals surface area contributed by atoms with Crippen molar-refractivity contribution >= 4 is 15.5 Å². The standard InChI is InChI=1S/C18H18N4O2S/c1-25(23,24)16-10-6-5-9-15(16)21-11-12-22-17(13-21)19-20-18(22)14-7-3-2-4-8-14/h2-10H,11-13H2,1H3. The number of rotatable bonds is 3. The summed E-state index contributed by atoms with van der Waals surface area (Å²) < 4.78 is 26.2. The van der Waals surface area contributed by atoms with Crippen LogP contribution in [0.4, 0.5) is 5.69 Å². The van der Waals surface area contributed by atoms with Crippen molar-refractivity contribution in [3.05, 3.63) is 60.4 Å². The second kappa shape index (κ2) is 6.00. The molecule has 1 aliphatic heterocycles. The van der Waals surface area contributed by atoms with Crippen molar-refractivity contribution < 1.29 is 8.42 Å². The summed E-state index contributed by atoms with van der Waals surface area (Å²) in [5, 5.41) is 8.66. The minimum Gasteiger partial charge on any atom is -0.361 e. The van der Waals surface area contributed by atoms with Crippen molar-refractivity contribution in [3.63, 3.8) is 0 Å². The van der Waals surface area contributed by atoms with Crippen molar-refractivity contribution in [2.75, 3.05) is 17.7 Å². The maximum Gasteiger partial charge on any atom is 0.177 e. The lowest BCUT2D eigenvalue weighted by atomic mass is 10.2. The van der Waals surface area contributed by atoms with Gasteiger partial charge in [0.25, 0.3) is 0 Å². The molecule has 0 fully saturated rings. The van der Waals surface area contributed by atoms with E-state index in [2.05, 4.69) is 19.7 Å². The van der Waals surface area contributed by atoms with Gasteiger partial charge in [-0.15, -0.1) is 10.2 Å². The molecule has 6 nitrogen and oxygen atoms in total. The largest absolute Gasteiger partial charge is 0.361 e. The van der Waals surface area contributed by atoms with Crippen LogP contribution in [0.3, 0.4) is 0 Å². The van der Waals surface area contributed by atoms with Crippen molar-refractivity contribution in [1.82, 2.24) is 14.8 Å². The van der Waals surface area contributed by atoms with Gasteiger partial charge in [0.2, 0.25) is 0 Å². The van der Waals surface area contributed by atoms with Gasteiger partial charge in [-0.1, -0.05) is 42.5 Å². The fourth-order valence-corrected chi connectivity index (χ4v) is 4.10. The van der Waals surface area contributed by atoms with Gasteiger partial charge in [0.15, 0.2) is 21.5 Å². The van der Waals surface area contributed by atoms with Crippen LogP contribution in [0, 0.1) is 0 Å². The predicted molar refractivity (Wildman–Crippen MR) is 96.1 cm³/mol. The van der Waals surface area contributed by atoms with Crippen LogP contribution in [0.5, 0.6) is 0 Å². The normalized spacial score (nSPS) is 14.4. The summed E-state index contributed by atoms with van der Waals surface area (Å²) >= 11 is 0. The molecule has 0 bridgehead atoms. The molecule has 1 aliphatic rings. The SMILES string of the molecule is CS(=O)(=O)c1ccccc1N1CCn2c(nnc2-c2ccccc2)C1. The molecular weight excluding hydrogens is 336 g/mol. The van der Waals surface area contributed by atoms with E-state index in [1.807, 2.05) is 42.5 Å². The molecule has 7 heteroatoms. The second-order valence-electron chi connectivity index (χ2n) is 6.12. The van der Waals surface area contributed by atoms with Crippen LogP contribution in [-0.4, -0.2) is 36.0 Å². The Balaban J connectivity index is 1.69. The predicted octanol–water partition coefficient (Wildman–Crippen LogP) is 2.37. The molecule has 0 unspecified atom stereocenters. The first-order valence-corrected chi connectivity index (χ1v) is 9.95. The van der Waals surface area contributed by atoms with E-state index in [0.29, 0.717) is 24.5 Å². The van der Waals surface area contributed by atoms with Gasteiger partial charge in [0.05, 0.1) is 17.1 Å². The fraction of sp³-hybridized carbons (Fsp3) is 0.222. The molecule has 0 amide bonds. The molecule has 4 rings (SSSR count). The van der Waals surface area contributed by atoms with Crippen LogP contribution in [0.2, 0.25) is 0 Å². The van der Waals surface area contributed by atoms with E-state index < -0.39 is 9.84 Å². The molecule has 0 saturated carbocycles. The van der Waals surface area contributed by atoms with Crippen LogP contribution < -0.4 is 4.90 Å². The fourth-order valence-electron chi connectivity index (χ4n) is 3.20. The summed E-state index contributed by atoms with van der Waals surface area (Å²) in [4.78, 5) is 2.40. The Morgan fingerprint density at radius 2 is 1.64 bits per heavy atom. The molecule has 0 N–H and O–H groups in total. The Morgan fingerprint density at radius 1 is 0.920 bits per heavy atom. The summed E-state index contributed by atoms with van der Waals surface area (Å²) in [5.41, 5.74) is 1.76. The summed E-state index contributed by atoms with van der Waals surface area (Å²) in [6.07, 6.45) is 1.24. The van der Waals surface area contributed by atoms with Crippen molar-refractivity contribution in [2.24, 2.45) is 0 Å². The van der Waals surface area contributed by atoms with Crippen LogP contribution in [0.15, 0.2) is 59.5 Å². The molecule has 0 spiro atoms. The Labute approximate surface area is 146 Å². The highest BCUT2D eigenvalue weighted by Crippen LogP contribution is 2.29. The topological polar surface area (TPSA) is 68.1 Å². The van der Waals surface area contributed by atoms with Crippen LogP contribution in [0.25, 0.3) is 11.4 Å². The zero-order valence-corrected chi connectivity index (χ0v) is 14.6. The van der Waals surface area contributed by atoms with Crippen LogP contribution >= 0.6 is 0 Å². The third-order valence-corrected chi connectivity index (χ3v) is 5.53. The van der Waals surface area contributed by atoms with Gasteiger partial charge in [0, 0.05) is 24.9 Å². The lowest BCUT2D eigenvalue weighted by Crippen LogP contribution is -2.34. The van der Waals surface area contributed by atoms with E-state index in [-0.39, 0.29) is 0 Å². The molecule has 0 aliphatic carbocycles. The monoisotopic (exact) mass is 354 g/mol. The minimum absolute atomic E-state index is 0.353. The number of anilines is 1. The van der Waals surface area contributed by atoms with Gasteiger partial charge in [-0.25, -0.2) is 8.42 Å². The smallest absolute Gasteiger partial charge is 0.177 e. The summed E-state index contributed by atoms with van der Waals surface area (Å²) in [6, 6.07) is 17.1. The average Bonchev–Trinajstić information content (AvgIpc) is 3.05. The molecule has 25 heavy (non-hydrogen) atoms. The number of hydrogen-bond donors (Lipinski definition) is 0. The third kappa shape index (κ3) is 2.91. The van der Waals surface area contributed by atoms with E-state index in [1.165, 1.54) is 6.26 Å². The lowest BCUT2D eigenvalue weighted by Gasteiger charge is -2.30. The zero-order valence-electron chi connectivity index (χ0n) is 13.8. The Bertz CT molecular complexity index is 1010. The number of benzene rings is 2. The maximum atomic E-state index is 12.1. The number of aromatic nitrogens is 3. The first kappa shape index (κ1) is 15.8. The summed E-state index contributed by atoms with van der Waals surface area (Å²) in [7, 11) is -3.28. The van der Waals surface area contributed by atoms with Gasteiger partial charge in [-0.05, 0) is 12.1 Å². The van der Waals surface area contributed by atoms with E-state index in [9.17, 15) is 8.42 Å². The van der Waals surface area contributed by atoms with Gasteiger partial charge in [-0.2, -0.15) is 0 Å². The van der Waals surface area contributed by atoms with Gasteiger partial charge in [0.1, 0.15) is 0 Å². The number of sulfone groups is 1. The molecule has 1 aromatic heterocycles. The lowest BCUT2D eigenvalue weighted by molar-refractivity contribution is 0.559. The third-order valence-electron chi connectivity index (χ3n) is 4.39. The molecule has 128 valence electrons. The van der Waals surface area contributed by atoms with E-state index in [0.717, 1.165) is 22.9 Å². The Kier molecular flexibility index (Phi) is 3.80. The van der Waals surface area contributed by atoms with E-state index >= 15 is 0 Å². The summed E-state index contributed by atoms with van der Waals surface area (Å²) in [6.45, 7) is 1.95. The van der Waals surface area contributed by atoms with Crippen molar-refractivity contribution in [2.45, 2.75) is 18.0 Å². The average molecular weight is 354 g/mol. The molecule has 2 heterocycles. The second-order valence-corrected chi connectivity index (χ2v) is 8.10. The maximum absolute atomic E-state index is 12.1. The number of nitrogens with zero attached hydrogens (tertiary/aromatic N) is 4. The highest BCUT2D eigenvalue weighted by atomic mass is 32.2. The quantitative estimate of drug-likeness (QED) is 0.722. The highest BCUT2D eigenvalue weighted by Gasteiger charge is 2.25. The molecule has 3 aromatic rings. The first-order chi connectivity index (χ1) is 12.0. The van der Waals surface area contributed by atoms with Gasteiger partial charge in [-0.3, -0.25) is 0 Å². The Hall–Kier alpha value is -2.67. The Morgan fingerprint density at radius 3 is 2.40 bits per heavy atom. The van der Waals surface area contributed by atoms with Crippen LogP contribution in [-0.2, 0) is 22.9 Å².